The maximum Gasteiger partial charge on any atom is 0.363 e. The molecule has 0 fully saturated rings. The molecular formula is C25H17Br2ClN2O6. The Labute approximate surface area is 227 Å². The molecule has 1 heterocycles. The van der Waals surface area contributed by atoms with E-state index in [0.717, 1.165) is 10.0 Å². The number of hydrogen-bond donors (Lipinski definition) is 0. The lowest BCUT2D eigenvalue weighted by Gasteiger charge is -2.15. The minimum Gasteiger partial charge on any atom is -0.490 e. The minimum atomic E-state index is -0.689. The number of rotatable bonds is 8. The lowest BCUT2D eigenvalue weighted by atomic mass is 10.1. The maximum absolute atomic E-state index is 12.5. The van der Waals surface area contributed by atoms with Crippen molar-refractivity contribution in [2.24, 2.45) is 4.99 Å². The number of esters is 1. The quantitative estimate of drug-likeness (QED) is 0.113. The highest BCUT2D eigenvalue weighted by Gasteiger charge is 2.26. The molecule has 0 aromatic heterocycles. The minimum absolute atomic E-state index is 0.0267. The van der Waals surface area contributed by atoms with Crippen molar-refractivity contribution in [3.8, 4) is 11.5 Å². The summed E-state index contributed by atoms with van der Waals surface area (Å²) in [6.07, 6.45) is 1.53. The average Bonchev–Trinajstić information content (AvgIpc) is 3.20. The van der Waals surface area contributed by atoms with E-state index in [-0.39, 0.29) is 27.9 Å². The van der Waals surface area contributed by atoms with Gasteiger partial charge in [-0.15, -0.1) is 0 Å². The third kappa shape index (κ3) is 5.77. The Bertz CT molecular complexity index is 1420. The molecule has 8 nitrogen and oxygen atoms in total. The molecule has 0 saturated carbocycles. The van der Waals surface area contributed by atoms with Gasteiger partial charge in [0.2, 0.25) is 5.90 Å². The molecule has 1 aliphatic rings. The van der Waals surface area contributed by atoms with Crippen molar-refractivity contribution in [1.29, 1.82) is 0 Å². The van der Waals surface area contributed by atoms with Crippen LogP contribution in [0.15, 0.2) is 74.2 Å². The first kappa shape index (κ1) is 25.9. The van der Waals surface area contributed by atoms with E-state index in [1.165, 1.54) is 24.3 Å². The molecule has 0 unspecified atom stereocenters. The zero-order valence-electron chi connectivity index (χ0n) is 18.7. The lowest BCUT2D eigenvalue weighted by Crippen LogP contribution is -2.06. The zero-order chi connectivity index (χ0) is 25.8. The van der Waals surface area contributed by atoms with Gasteiger partial charge in [0.15, 0.2) is 17.2 Å². The first-order valence-electron chi connectivity index (χ1n) is 10.6. The van der Waals surface area contributed by atoms with Gasteiger partial charge in [-0.3, -0.25) is 10.1 Å². The highest BCUT2D eigenvalue weighted by molar-refractivity contribution is 9.10. The fourth-order valence-corrected chi connectivity index (χ4v) is 4.48. The summed E-state index contributed by atoms with van der Waals surface area (Å²) < 4.78 is 18.6. The van der Waals surface area contributed by atoms with E-state index in [1.54, 1.807) is 12.1 Å². The summed E-state index contributed by atoms with van der Waals surface area (Å²) >= 11 is 12.9. The van der Waals surface area contributed by atoms with Gasteiger partial charge >= 0.3 is 5.97 Å². The smallest absolute Gasteiger partial charge is 0.363 e. The number of aliphatic imine (C=N–C) groups is 1. The standard InChI is InChI=1S/C25H17Br2ClN2O6/c1-2-34-22-11-14(9-18(27)23(22)35-13-16-5-3-4-6-17(16)26)10-20-25(31)36-24(29-20)15-7-8-19(28)21(12-15)30(32)33/h3-12H,2,13H2,1H3/b20-10-. The monoisotopic (exact) mass is 634 g/mol. The van der Waals surface area contributed by atoms with Gasteiger partial charge in [-0.25, -0.2) is 9.79 Å². The maximum atomic E-state index is 12.5. The van der Waals surface area contributed by atoms with Gasteiger partial charge < -0.3 is 14.2 Å². The second-order valence-corrected chi connectivity index (χ2v) is 9.52. The van der Waals surface area contributed by atoms with Crippen molar-refractivity contribution in [3.05, 3.63) is 101 Å². The molecule has 0 N–H and O–H groups in total. The molecule has 4 rings (SSSR count). The van der Waals surface area contributed by atoms with Crippen molar-refractivity contribution in [1.82, 2.24) is 0 Å². The molecule has 36 heavy (non-hydrogen) atoms. The van der Waals surface area contributed by atoms with Gasteiger partial charge in [0.25, 0.3) is 5.69 Å². The van der Waals surface area contributed by atoms with E-state index in [1.807, 2.05) is 31.2 Å². The van der Waals surface area contributed by atoms with Crippen molar-refractivity contribution in [3.63, 3.8) is 0 Å². The molecule has 1 aliphatic heterocycles. The third-order valence-corrected chi connectivity index (χ3v) is 6.66. The summed E-state index contributed by atoms with van der Waals surface area (Å²) in [5.41, 5.74) is 1.55. The van der Waals surface area contributed by atoms with Crippen molar-refractivity contribution >= 4 is 67.1 Å². The number of ether oxygens (including phenoxy) is 3. The highest BCUT2D eigenvalue weighted by atomic mass is 79.9. The van der Waals surface area contributed by atoms with Crippen molar-refractivity contribution in [2.75, 3.05) is 6.61 Å². The Kier molecular flexibility index (Phi) is 8.07. The fraction of sp³-hybridized carbons (Fsp3) is 0.120. The number of carbonyl (C=O) groups excluding carboxylic acids is 1. The predicted octanol–water partition coefficient (Wildman–Crippen LogP) is 7.10. The zero-order valence-corrected chi connectivity index (χ0v) is 22.6. The number of cyclic esters (lactones) is 1. The normalized spacial score (nSPS) is 13.9. The Morgan fingerprint density at radius 3 is 2.61 bits per heavy atom. The van der Waals surface area contributed by atoms with Gasteiger partial charge in [0.1, 0.15) is 11.6 Å². The van der Waals surface area contributed by atoms with E-state index in [2.05, 4.69) is 36.9 Å². The number of halogens is 3. The van der Waals surface area contributed by atoms with Crippen LogP contribution >= 0.6 is 43.5 Å². The van der Waals surface area contributed by atoms with Gasteiger partial charge in [-0.05, 0) is 64.8 Å². The largest absolute Gasteiger partial charge is 0.490 e. The van der Waals surface area contributed by atoms with Crippen LogP contribution in [0.3, 0.4) is 0 Å². The van der Waals surface area contributed by atoms with E-state index < -0.39 is 10.9 Å². The van der Waals surface area contributed by atoms with Gasteiger partial charge in [-0.1, -0.05) is 45.7 Å². The second kappa shape index (κ2) is 11.2. The molecule has 3 aromatic carbocycles. The molecule has 0 atom stereocenters. The van der Waals surface area contributed by atoms with Crippen LogP contribution in [0.4, 0.5) is 5.69 Å². The molecule has 0 amide bonds. The Balaban J connectivity index is 1.63. The first-order chi connectivity index (χ1) is 17.3. The fourth-order valence-electron chi connectivity index (χ4n) is 3.32. The predicted molar refractivity (Wildman–Crippen MR) is 142 cm³/mol. The summed E-state index contributed by atoms with van der Waals surface area (Å²) in [4.78, 5) is 27.3. The lowest BCUT2D eigenvalue weighted by molar-refractivity contribution is -0.384. The Hall–Kier alpha value is -3.21. The van der Waals surface area contributed by atoms with Crippen LogP contribution in [-0.4, -0.2) is 23.4 Å². The summed E-state index contributed by atoms with van der Waals surface area (Å²) in [6.45, 7) is 2.57. The number of hydrogen-bond acceptors (Lipinski definition) is 7. The number of benzene rings is 3. The van der Waals surface area contributed by atoms with Crippen LogP contribution in [0, 0.1) is 10.1 Å². The summed E-state index contributed by atoms with van der Waals surface area (Å²) in [7, 11) is 0. The summed E-state index contributed by atoms with van der Waals surface area (Å²) in [5, 5.41) is 11.2. The molecule has 11 heteroatoms. The van der Waals surface area contributed by atoms with Gasteiger partial charge in [-0.2, -0.15) is 0 Å². The number of nitrogens with zero attached hydrogens (tertiary/aromatic N) is 2. The number of nitro benzene ring substituents is 1. The molecular weight excluding hydrogens is 620 g/mol. The molecule has 0 saturated heterocycles. The Morgan fingerprint density at radius 2 is 1.89 bits per heavy atom. The van der Waals surface area contributed by atoms with Crippen molar-refractivity contribution in [2.45, 2.75) is 13.5 Å². The molecule has 184 valence electrons. The second-order valence-electron chi connectivity index (χ2n) is 7.40. The third-order valence-electron chi connectivity index (χ3n) is 4.98. The average molecular weight is 637 g/mol. The molecule has 0 spiro atoms. The Morgan fingerprint density at radius 1 is 1.11 bits per heavy atom. The van der Waals surface area contributed by atoms with Crippen LogP contribution in [0.5, 0.6) is 11.5 Å². The summed E-state index contributed by atoms with van der Waals surface area (Å²) in [5.74, 6) is 0.255. The molecule has 3 aromatic rings. The van der Waals surface area contributed by atoms with E-state index in [0.29, 0.717) is 34.7 Å². The highest BCUT2D eigenvalue weighted by Crippen LogP contribution is 2.39. The van der Waals surface area contributed by atoms with Crippen LogP contribution < -0.4 is 9.47 Å². The van der Waals surface area contributed by atoms with Crippen LogP contribution in [0.1, 0.15) is 23.6 Å². The number of carbonyl (C=O) groups is 1. The van der Waals surface area contributed by atoms with Crippen LogP contribution in [0.2, 0.25) is 5.02 Å². The van der Waals surface area contributed by atoms with Crippen molar-refractivity contribution < 1.29 is 23.9 Å². The summed E-state index contributed by atoms with van der Waals surface area (Å²) in [6, 6.07) is 15.3. The van der Waals surface area contributed by atoms with E-state index in [9.17, 15) is 14.9 Å². The SMILES string of the molecule is CCOc1cc(/C=C2\N=C(c3ccc(Cl)c([N+](=O)[O-])c3)OC2=O)cc(Br)c1OCc1ccccc1Br. The van der Waals surface area contributed by atoms with E-state index in [4.69, 9.17) is 25.8 Å². The molecule has 0 radical (unpaired) electrons. The van der Waals surface area contributed by atoms with Crippen LogP contribution in [0.25, 0.3) is 6.08 Å². The van der Waals surface area contributed by atoms with Gasteiger partial charge in [0, 0.05) is 21.7 Å². The van der Waals surface area contributed by atoms with Gasteiger partial charge in [0.05, 0.1) is 16.0 Å². The first-order valence-corrected chi connectivity index (χ1v) is 12.5. The molecule has 0 bridgehead atoms. The molecule has 0 aliphatic carbocycles. The topological polar surface area (TPSA) is 100 Å². The number of nitro groups is 1. The van der Waals surface area contributed by atoms with Crippen LogP contribution in [-0.2, 0) is 16.1 Å². The van der Waals surface area contributed by atoms with E-state index >= 15 is 0 Å².